The first kappa shape index (κ1) is 24.7. The molecular formula is C24H34BrN3O4S. The van der Waals surface area contributed by atoms with E-state index in [1.54, 1.807) is 17.9 Å². The molecule has 4 rings (SSSR count). The lowest BCUT2D eigenvalue weighted by Crippen LogP contribution is -2.47. The Balaban J connectivity index is 1.55. The predicted octanol–water partition coefficient (Wildman–Crippen LogP) is 3.99. The molecule has 9 heteroatoms. The maximum absolute atomic E-state index is 13.8. The standard InChI is InChI=1S/C24H34BrN3O4S/c1-2-22(29)28-13-11-17-14-19(25)15-21(23(17)28)33(31,32)27-12-7-8-18(16-27)24(30)26-20-9-5-3-4-6-10-20/h14-15,18,20H,2-13,16H2,1H3,(H,26,30)/t18-/m1/s1. The van der Waals surface area contributed by atoms with Crippen LogP contribution >= 0.6 is 15.9 Å². The van der Waals surface area contributed by atoms with Crippen molar-refractivity contribution in [1.82, 2.24) is 9.62 Å². The van der Waals surface area contributed by atoms with Gasteiger partial charge >= 0.3 is 0 Å². The van der Waals surface area contributed by atoms with Crippen LogP contribution in [0.4, 0.5) is 5.69 Å². The monoisotopic (exact) mass is 539 g/mol. The molecule has 2 amide bonds. The second-order valence-electron chi connectivity index (χ2n) is 9.46. The third-order valence-electron chi connectivity index (χ3n) is 7.17. The highest BCUT2D eigenvalue weighted by molar-refractivity contribution is 9.10. The molecule has 1 N–H and O–H groups in total. The normalized spacial score (nSPS) is 22.6. The first-order chi connectivity index (χ1) is 15.8. The first-order valence-corrected chi connectivity index (χ1v) is 14.5. The van der Waals surface area contributed by atoms with Crippen molar-refractivity contribution in [3.8, 4) is 0 Å². The van der Waals surface area contributed by atoms with Crippen LogP contribution in [0.3, 0.4) is 0 Å². The Bertz CT molecular complexity index is 1010. The van der Waals surface area contributed by atoms with Gasteiger partial charge < -0.3 is 10.2 Å². The number of benzene rings is 1. The van der Waals surface area contributed by atoms with Crippen LogP contribution in [-0.2, 0) is 26.0 Å². The Labute approximate surface area is 205 Å². The number of hydrogen-bond acceptors (Lipinski definition) is 4. The summed E-state index contributed by atoms with van der Waals surface area (Å²) in [4.78, 5) is 27.3. The lowest BCUT2D eigenvalue weighted by molar-refractivity contribution is -0.127. The van der Waals surface area contributed by atoms with E-state index < -0.39 is 10.0 Å². The lowest BCUT2D eigenvalue weighted by Gasteiger charge is -2.33. The van der Waals surface area contributed by atoms with E-state index in [1.165, 1.54) is 17.1 Å². The molecule has 0 bridgehead atoms. The molecule has 1 atom stereocenters. The van der Waals surface area contributed by atoms with Crippen LogP contribution in [0.15, 0.2) is 21.5 Å². The molecule has 1 saturated carbocycles. The predicted molar refractivity (Wildman–Crippen MR) is 132 cm³/mol. The molecule has 1 aromatic carbocycles. The van der Waals surface area contributed by atoms with Crippen LogP contribution < -0.4 is 10.2 Å². The van der Waals surface area contributed by atoms with Gasteiger partial charge in [-0.1, -0.05) is 48.5 Å². The van der Waals surface area contributed by atoms with E-state index in [0.29, 0.717) is 48.9 Å². The van der Waals surface area contributed by atoms with Gasteiger partial charge in [-0.2, -0.15) is 4.31 Å². The number of sulfonamides is 1. The number of piperidine rings is 1. The van der Waals surface area contributed by atoms with Gasteiger partial charge in [0.15, 0.2) is 0 Å². The zero-order chi connectivity index (χ0) is 23.6. The smallest absolute Gasteiger partial charge is 0.245 e. The Morgan fingerprint density at radius 1 is 1.06 bits per heavy atom. The molecule has 2 aliphatic heterocycles. The average Bonchev–Trinajstić information content (AvgIpc) is 3.06. The summed E-state index contributed by atoms with van der Waals surface area (Å²) in [6, 6.07) is 3.70. The number of anilines is 1. The van der Waals surface area contributed by atoms with Crippen molar-refractivity contribution in [2.45, 2.75) is 82.1 Å². The van der Waals surface area contributed by atoms with Gasteiger partial charge in [0.1, 0.15) is 4.90 Å². The molecule has 0 aromatic heterocycles. The van der Waals surface area contributed by atoms with Crippen molar-refractivity contribution < 1.29 is 18.0 Å². The van der Waals surface area contributed by atoms with Gasteiger partial charge in [-0.3, -0.25) is 9.59 Å². The summed E-state index contributed by atoms with van der Waals surface area (Å²) < 4.78 is 29.7. The molecule has 33 heavy (non-hydrogen) atoms. The van der Waals surface area contributed by atoms with Crippen LogP contribution in [0.5, 0.6) is 0 Å². The van der Waals surface area contributed by atoms with E-state index in [4.69, 9.17) is 0 Å². The Morgan fingerprint density at radius 2 is 1.79 bits per heavy atom. The van der Waals surface area contributed by atoms with Gasteiger partial charge in [0.05, 0.1) is 11.6 Å². The third-order valence-corrected chi connectivity index (χ3v) is 9.51. The highest BCUT2D eigenvalue weighted by atomic mass is 79.9. The Kier molecular flexibility index (Phi) is 7.80. The number of carbonyl (C=O) groups is 2. The fraction of sp³-hybridized carbons (Fsp3) is 0.667. The summed E-state index contributed by atoms with van der Waals surface area (Å²) >= 11 is 3.45. The molecule has 0 radical (unpaired) electrons. The number of nitrogens with zero attached hydrogens (tertiary/aromatic N) is 2. The second kappa shape index (κ2) is 10.4. The van der Waals surface area contributed by atoms with Crippen molar-refractivity contribution >= 4 is 43.5 Å². The largest absolute Gasteiger partial charge is 0.353 e. The maximum atomic E-state index is 13.8. The van der Waals surface area contributed by atoms with Gasteiger partial charge in [0, 0.05) is 36.6 Å². The summed E-state index contributed by atoms with van der Waals surface area (Å²) in [6.45, 7) is 2.85. The fourth-order valence-electron chi connectivity index (χ4n) is 5.36. The number of hydrogen-bond donors (Lipinski definition) is 1. The highest BCUT2D eigenvalue weighted by Crippen LogP contribution is 2.39. The molecule has 7 nitrogen and oxygen atoms in total. The van der Waals surface area contributed by atoms with Gasteiger partial charge in [-0.25, -0.2) is 8.42 Å². The zero-order valence-corrected chi connectivity index (χ0v) is 21.7. The topological polar surface area (TPSA) is 86.8 Å². The number of amides is 2. The fourth-order valence-corrected chi connectivity index (χ4v) is 7.80. The van der Waals surface area contributed by atoms with Crippen molar-refractivity contribution in [3.63, 3.8) is 0 Å². The molecule has 3 aliphatic rings. The molecule has 182 valence electrons. The SMILES string of the molecule is CCC(=O)N1CCc2cc(Br)cc(S(=O)(=O)N3CCC[C@@H](C(=O)NC4CCCCCC4)C3)c21. The minimum atomic E-state index is -3.86. The summed E-state index contributed by atoms with van der Waals surface area (Å²) in [5, 5.41) is 3.20. The van der Waals surface area contributed by atoms with Crippen LogP contribution in [0.25, 0.3) is 0 Å². The van der Waals surface area contributed by atoms with E-state index in [1.807, 2.05) is 6.07 Å². The van der Waals surface area contributed by atoms with E-state index in [0.717, 1.165) is 31.2 Å². The van der Waals surface area contributed by atoms with Crippen LogP contribution in [-0.4, -0.2) is 50.2 Å². The summed E-state index contributed by atoms with van der Waals surface area (Å²) in [5.41, 5.74) is 1.37. The highest BCUT2D eigenvalue weighted by Gasteiger charge is 2.38. The molecule has 0 unspecified atom stereocenters. The summed E-state index contributed by atoms with van der Waals surface area (Å²) in [7, 11) is -3.86. The maximum Gasteiger partial charge on any atom is 0.245 e. The number of rotatable bonds is 5. The molecular weight excluding hydrogens is 506 g/mol. The van der Waals surface area contributed by atoms with Gasteiger partial charge in [0.25, 0.3) is 0 Å². The molecule has 1 aliphatic carbocycles. The van der Waals surface area contributed by atoms with E-state index in [9.17, 15) is 18.0 Å². The number of carbonyl (C=O) groups excluding carboxylic acids is 2. The third kappa shape index (κ3) is 5.30. The lowest BCUT2D eigenvalue weighted by atomic mass is 9.97. The van der Waals surface area contributed by atoms with Crippen molar-refractivity contribution in [2.75, 3.05) is 24.5 Å². The van der Waals surface area contributed by atoms with Crippen molar-refractivity contribution in [1.29, 1.82) is 0 Å². The van der Waals surface area contributed by atoms with E-state index >= 15 is 0 Å². The molecule has 0 spiro atoms. The number of halogens is 1. The Hall–Kier alpha value is -1.45. The van der Waals surface area contributed by atoms with E-state index in [2.05, 4.69) is 21.2 Å². The van der Waals surface area contributed by atoms with Crippen molar-refractivity contribution in [3.05, 3.63) is 22.2 Å². The quantitative estimate of drug-likeness (QED) is 0.573. The average molecular weight is 541 g/mol. The minimum absolute atomic E-state index is 0.0240. The first-order valence-electron chi connectivity index (χ1n) is 12.2. The van der Waals surface area contributed by atoms with Gasteiger partial charge in [-0.05, 0) is 49.8 Å². The molecule has 2 fully saturated rings. The summed E-state index contributed by atoms with van der Waals surface area (Å²) in [5.74, 6) is -0.443. The number of fused-ring (bicyclic) bond motifs is 1. The zero-order valence-electron chi connectivity index (χ0n) is 19.3. The van der Waals surface area contributed by atoms with E-state index in [-0.39, 0.29) is 35.2 Å². The second-order valence-corrected chi connectivity index (χ2v) is 12.3. The van der Waals surface area contributed by atoms with Crippen LogP contribution in [0, 0.1) is 5.92 Å². The molecule has 2 heterocycles. The van der Waals surface area contributed by atoms with Crippen molar-refractivity contribution in [2.24, 2.45) is 5.92 Å². The van der Waals surface area contributed by atoms with Crippen LogP contribution in [0.1, 0.15) is 70.3 Å². The summed E-state index contributed by atoms with van der Waals surface area (Å²) in [6.07, 6.45) is 9.02. The van der Waals surface area contributed by atoms with Gasteiger partial charge in [-0.15, -0.1) is 0 Å². The van der Waals surface area contributed by atoms with Gasteiger partial charge in [0.2, 0.25) is 21.8 Å². The van der Waals surface area contributed by atoms with Crippen LogP contribution in [0.2, 0.25) is 0 Å². The molecule has 1 saturated heterocycles. The number of nitrogens with one attached hydrogen (secondary N) is 1. The molecule has 1 aromatic rings. The minimum Gasteiger partial charge on any atom is -0.353 e. The Morgan fingerprint density at radius 3 is 2.48 bits per heavy atom.